The monoisotopic (exact) mass is 320 g/mol. The van der Waals surface area contributed by atoms with Crippen molar-refractivity contribution in [2.24, 2.45) is 5.92 Å². The van der Waals surface area contributed by atoms with Gasteiger partial charge in [0.25, 0.3) is 0 Å². The van der Waals surface area contributed by atoms with E-state index in [4.69, 9.17) is 0 Å². The van der Waals surface area contributed by atoms with Crippen LogP contribution in [0.4, 0.5) is 10.1 Å². The second-order valence-electron chi connectivity index (χ2n) is 5.42. The van der Waals surface area contributed by atoms with Crippen LogP contribution in [0.3, 0.4) is 0 Å². The summed E-state index contributed by atoms with van der Waals surface area (Å²) in [5.41, 5.74) is 1.99. The van der Waals surface area contributed by atoms with Gasteiger partial charge in [0.1, 0.15) is 5.82 Å². The number of anilines is 1. The summed E-state index contributed by atoms with van der Waals surface area (Å²) < 4.78 is 14.8. The second kappa shape index (κ2) is 5.72. The predicted molar refractivity (Wildman–Crippen MR) is 84.9 cm³/mol. The summed E-state index contributed by atoms with van der Waals surface area (Å²) in [6.45, 7) is 1.83. The summed E-state index contributed by atoms with van der Waals surface area (Å²) >= 11 is 1.73. The lowest BCUT2D eigenvalue weighted by Gasteiger charge is -2.15. The first kappa shape index (κ1) is 15.0. The van der Waals surface area contributed by atoms with Gasteiger partial charge in [-0.3, -0.25) is 9.78 Å². The molecule has 5 nitrogen and oxygen atoms in total. The number of halogens is 1. The van der Waals surface area contributed by atoms with Gasteiger partial charge >= 0.3 is 0 Å². The van der Waals surface area contributed by atoms with Gasteiger partial charge < -0.3 is 4.90 Å². The number of nitrogens with zero attached hydrogens (tertiary/aromatic N) is 4. The molecule has 22 heavy (non-hydrogen) atoms. The van der Waals surface area contributed by atoms with E-state index in [1.54, 1.807) is 34.6 Å². The Kier molecular flexibility index (Phi) is 3.90. The average molecular weight is 320 g/mol. The third kappa shape index (κ3) is 2.72. The third-order valence-electron chi connectivity index (χ3n) is 3.87. The zero-order chi connectivity index (χ0) is 15.9. The van der Waals surface area contributed by atoms with E-state index in [1.807, 2.05) is 13.2 Å². The molecule has 1 aliphatic carbocycles. The number of pyridine rings is 1. The second-order valence-corrected chi connectivity index (χ2v) is 6.50. The minimum atomic E-state index is -0.419. The molecule has 2 unspecified atom stereocenters. The van der Waals surface area contributed by atoms with E-state index < -0.39 is 5.82 Å². The van der Waals surface area contributed by atoms with Gasteiger partial charge in [-0.1, -0.05) is 0 Å². The van der Waals surface area contributed by atoms with Crippen LogP contribution in [0.15, 0.2) is 24.7 Å². The van der Waals surface area contributed by atoms with Gasteiger partial charge in [0, 0.05) is 18.4 Å². The smallest absolute Gasteiger partial charge is 0.231 e. The molecule has 0 spiro atoms. The van der Waals surface area contributed by atoms with Crippen molar-refractivity contribution in [3.8, 4) is 5.69 Å². The fourth-order valence-corrected chi connectivity index (χ4v) is 3.34. The molecule has 0 aromatic carbocycles. The first-order valence-electron chi connectivity index (χ1n) is 6.99. The average Bonchev–Trinajstić information content (AvgIpc) is 3.20. The van der Waals surface area contributed by atoms with Crippen LogP contribution in [0.2, 0.25) is 0 Å². The maximum Gasteiger partial charge on any atom is 0.231 e. The Morgan fingerprint density at radius 3 is 2.91 bits per heavy atom. The molecule has 0 radical (unpaired) electrons. The van der Waals surface area contributed by atoms with Crippen LogP contribution in [-0.4, -0.2) is 39.2 Å². The zero-order valence-electron chi connectivity index (χ0n) is 12.7. The lowest BCUT2D eigenvalue weighted by Crippen LogP contribution is -2.28. The molecular weight excluding hydrogens is 303 g/mol. The highest BCUT2D eigenvalue weighted by atomic mass is 32.2. The van der Waals surface area contributed by atoms with Gasteiger partial charge in [-0.15, -0.1) is 0 Å². The van der Waals surface area contributed by atoms with E-state index in [9.17, 15) is 9.18 Å². The Hall–Kier alpha value is -1.89. The standard InChI is InChI=1S/C15H17FN4OS/c1-9-13(19(2)15(21)12-5-14(12)22-3)8-20(18-9)11-4-10(16)6-17-7-11/h4,6-8,12,14H,5H2,1-3H3. The summed E-state index contributed by atoms with van der Waals surface area (Å²) in [5, 5.41) is 4.78. The van der Waals surface area contributed by atoms with Crippen molar-refractivity contribution in [1.29, 1.82) is 0 Å². The lowest BCUT2D eigenvalue weighted by molar-refractivity contribution is -0.119. The van der Waals surface area contributed by atoms with Crippen LogP contribution in [0, 0.1) is 18.7 Å². The molecule has 1 amide bonds. The van der Waals surface area contributed by atoms with Crippen molar-refractivity contribution in [2.75, 3.05) is 18.2 Å². The number of rotatable bonds is 4. The van der Waals surface area contributed by atoms with Crippen LogP contribution in [0.25, 0.3) is 5.69 Å². The predicted octanol–water partition coefficient (Wildman–Crippen LogP) is 2.43. The Balaban J connectivity index is 1.85. The number of amides is 1. The first-order valence-corrected chi connectivity index (χ1v) is 8.27. The fourth-order valence-electron chi connectivity index (χ4n) is 2.50. The van der Waals surface area contributed by atoms with Gasteiger partial charge in [0.05, 0.1) is 41.6 Å². The van der Waals surface area contributed by atoms with Gasteiger partial charge in [-0.2, -0.15) is 16.9 Å². The molecule has 1 saturated carbocycles. The van der Waals surface area contributed by atoms with Crippen molar-refractivity contribution >= 4 is 23.4 Å². The molecule has 2 aromatic heterocycles. The molecule has 0 bridgehead atoms. The van der Waals surface area contributed by atoms with Gasteiger partial charge in [0.2, 0.25) is 5.91 Å². The SMILES string of the molecule is CSC1CC1C(=O)N(C)c1cn(-c2cncc(F)c2)nc1C. The zero-order valence-corrected chi connectivity index (χ0v) is 13.5. The Morgan fingerprint density at radius 2 is 2.27 bits per heavy atom. The molecule has 0 saturated heterocycles. The normalized spacial score (nSPS) is 20.0. The summed E-state index contributed by atoms with van der Waals surface area (Å²) in [5.74, 6) is -0.213. The highest BCUT2D eigenvalue weighted by Crippen LogP contribution is 2.42. The van der Waals surface area contributed by atoms with Crippen molar-refractivity contribution < 1.29 is 9.18 Å². The Labute approximate surface area is 132 Å². The van der Waals surface area contributed by atoms with Crippen LogP contribution in [-0.2, 0) is 4.79 Å². The van der Waals surface area contributed by atoms with E-state index in [0.29, 0.717) is 10.9 Å². The summed E-state index contributed by atoms with van der Waals surface area (Å²) in [4.78, 5) is 17.9. The number of hydrogen-bond acceptors (Lipinski definition) is 4. The Morgan fingerprint density at radius 1 is 1.50 bits per heavy atom. The Bertz CT molecular complexity index is 717. The largest absolute Gasteiger partial charge is 0.312 e. The topological polar surface area (TPSA) is 51.0 Å². The number of hydrogen-bond donors (Lipinski definition) is 0. The van der Waals surface area contributed by atoms with Crippen LogP contribution in [0.5, 0.6) is 0 Å². The van der Waals surface area contributed by atoms with E-state index in [2.05, 4.69) is 10.1 Å². The molecule has 1 fully saturated rings. The van der Waals surface area contributed by atoms with Crippen molar-refractivity contribution in [2.45, 2.75) is 18.6 Å². The lowest BCUT2D eigenvalue weighted by atomic mass is 10.3. The summed E-state index contributed by atoms with van der Waals surface area (Å²) in [6, 6.07) is 1.36. The van der Waals surface area contributed by atoms with Crippen molar-refractivity contribution in [3.63, 3.8) is 0 Å². The van der Waals surface area contributed by atoms with Crippen molar-refractivity contribution in [3.05, 3.63) is 36.2 Å². The maximum atomic E-state index is 13.3. The van der Waals surface area contributed by atoms with E-state index in [0.717, 1.165) is 24.0 Å². The molecule has 1 aliphatic rings. The van der Waals surface area contributed by atoms with Gasteiger partial charge in [-0.25, -0.2) is 9.07 Å². The molecule has 2 heterocycles. The molecule has 7 heteroatoms. The van der Waals surface area contributed by atoms with Crippen LogP contribution >= 0.6 is 11.8 Å². The maximum absolute atomic E-state index is 13.3. The number of carbonyl (C=O) groups excluding carboxylic acids is 1. The number of carbonyl (C=O) groups is 1. The number of thioether (sulfide) groups is 1. The van der Waals surface area contributed by atoms with E-state index in [-0.39, 0.29) is 11.8 Å². The molecule has 0 N–H and O–H groups in total. The van der Waals surface area contributed by atoms with Gasteiger partial charge in [0.15, 0.2) is 0 Å². The van der Waals surface area contributed by atoms with Crippen LogP contribution < -0.4 is 4.90 Å². The first-order chi connectivity index (χ1) is 10.5. The van der Waals surface area contributed by atoms with E-state index in [1.165, 1.54) is 12.3 Å². The molecule has 0 aliphatic heterocycles. The third-order valence-corrected chi connectivity index (χ3v) is 5.00. The highest BCUT2D eigenvalue weighted by molar-refractivity contribution is 7.99. The fraction of sp³-hybridized carbons (Fsp3) is 0.400. The highest BCUT2D eigenvalue weighted by Gasteiger charge is 2.44. The minimum absolute atomic E-state index is 0.0959. The minimum Gasteiger partial charge on any atom is -0.312 e. The molecular formula is C15H17FN4OS. The van der Waals surface area contributed by atoms with Gasteiger partial charge in [-0.05, 0) is 19.6 Å². The quantitative estimate of drug-likeness (QED) is 0.868. The van der Waals surface area contributed by atoms with Crippen LogP contribution in [0.1, 0.15) is 12.1 Å². The van der Waals surface area contributed by atoms with Crippen molar-refractivity contribution in [1.82, 2.24) is 14.8 Å². The molecule has 3 rings (SSSR count). The summed E-state index contributed by atoms with van der Waals surface area (Å²) in [6.07, 6.45) is 7.38. The molecule has 116 valence electrons. The van der Waals surface area contributed by atoms with E-state index >= 15 is 0 Å². The number of aromatic nitrogens is 3. The molecule has 2 atom stereocenters. The molecule has 2 aromatic rings. The number of aryl methyl sites for hydroxylation is 1. The summed E-state index contributed by atoms with van der Waals surface area (Å²) in [7, 11) is 1.76.